The SMILES string of the molecule is COc1ccc(CN2NC(Cl)C=C(C(F)(F)F)C2=O)cc1. The molecule has 1 unspecified atom stereocenters. The van der Waals surface area contributed by atoms with E-state index in [0.29, 0.717) is 17.4 Å². The van der Waals surface area contributed by atoms with E-state index in [1.165, 1.54) is 7.11 Å². The summed E-state index contributed by atoms with van der Waals surface area (Å²) in [5.41, 5.74) is 0.761. The van der Waals surface area contributed by atoms with Crippen LogP contribution in [-0.2, 0) is 11.3 Å². The molecule has 1 atom stereocenters. The summed E-state index contributed by atoms with van der Waals surface area (Å²) in [6.45, 7) is -0.0422. The van der Waals surface area contributed by atoms with Gasteiger partial charge in [0.2, 0.25) is 0 Å². The summed E-state index contributed by atoms with van der Waals surface area (Å²) >= 11 is 5.69. The molecule has 114 valence electrons. The first-order valence-electron chi connectivity index (χ1n) is 5.95. The average Bonchev–Trinajstić information content (AvgIpc) is 2.42. The van der Waals surface area contributed by atoms with Crippen molar-refractivity contribution in [2.75, 3.05) is 7.11 Å². The van der Waals surface area contributed by atoms with E-state index in [2.05, 4.69) is 5.43 Å². The van der Waals surface area contributed by atoms with Crippen LogP contribution in [0.25, 0.3) is 0 Å². The number of benzene rings is 1. The molecule has 2 rings (SSSR count). The zero-order valence-electron chi connectivity index (χ0n) is 10.9. The molecule has 0 bridgehead atoms. The lowest BCUT2D eigenvalue weighted by molar-refractivity contribution is -0.145. The predicted octanol–water partition coefficient (Wildman–Crippen LogP) is 2.60. The molecular formula is C13H12ClF3N2O2. The maximum Gasteiger partial charge on any atom is 0.421 e. The minimum atomic E-state index is -4.73. The number of nitrogens with zero attached hydrogens (tertiary/aromatic N) is 1. The van der Waals surface area contributed by atoms with E-state index < -0.39 is 23.2 Å². The quantitative estimate of drug-likeness (QED) is 0.687. The second kappa shape index (κ2) is 5.95. The number of halogens is 4. The predicted molar refractivity (Wildman–Crippen MR) is 70.5 cm³/mol. The van der Waals surface area contributed by atoms with Gasteiger partial charge in [0.1, 0.15) is 16.8 Å². The zero-order chi connectivity index (χ0) is 15.6. The lowest BCUT2D eigenvalue weighted by Gasteiger charge is -2.31. The summed E-state index contributed by atoms with van der Waals surface area (Å²) in [4.78, 5) is 11.8. The zero-order valence-corrected chi connectivity index (χ0v) is 11.7. The van der Waals surface area contributed by atoms with Gasteiger partial charge in [0.25, 0.3) is 5.91 Å². The normalized spacial score (nSPS) is 19.5. The highest BCUT2D eigenvalue weighted by molar-refractivity contribution is 6.22. The highest BCUT2D eigenvalue weighted by Gasteiger charge is 2.43. The second-order valence-corrected chi connectivity index (χ2v) is 4.82. The molecule has 8 heteroatoms. The molecule has 0 radical (unpaired) electrons. The Kier molecular flexibility index (Phi) is 4.43. The van der Waals surface area contributed by atoms with Crippen molar-refractivity contribution in [2.24, 2.45) is 0 Å². The highest BCUT2D eigenvalue weighted by Crippen LogP contribution is 2.30. The number of carbonyl (C=O) groups excluding carboxylic acids is 1. The standard InChI is InChI=1S/C13H12ClF3N2O2/c1-21-9-4-2-8(3-5-9)7-19-12(20)10(13(15,16)17)6-11(14)18-19/h2-6,11,18H,7H2,1H3. The maximum atomic E-state index is 12.8. The number of hydrogen-bond donors (Lipinski definition) is 1. The van der Waals surface area contributed by atoms with Crippen molar-refractivity contribution < 1.29 is 22.7 Å². The Morgan fingerprint density at radius 2 is 1.95 bits per heavy atom. The number of ether oxygens (including phenoxy) is 1. The van der Waals surface area contributed by atoms with Gasteiger partial charge >= 0.3 is 6.18 Å². The molecule has 4 nitrogen and oxygen atoms in total. The Labute approximate surface area is 124 Å². The van der Waals surface area contributed by atoms with Crippen LogP contribution in [0.1, 0.15) is 5.56 Å². The van der Waals surface area contributed by atoms with Gasteiger partial charge in [-0.05, 0) is 23.8 Å². The van der Waals surface area contributed by atoms with Gasteiger partial charge in [-0.3, -0.25) is 9.80 Å². The number of carbonyl (C=O) groups is 1. The van der Waals surface area contributed by atoms with Gasteiger partial charge in [0.05, 0.1) is 13.7 Å². The Balaban J connectivity index is 2.17. The number of alkyl halides is 4. The first kappa shape index (κ1) is 15.7. The highest BCUT2D eigenvalue weighted by atomic mass is 35.5. The molecule has 1 N–H and O–H groups in total. The molecule has 1 amide bonds. The average molecular weight is 321 g/mol. The van der Waals surface area contributed by atoms with E-state index in [1.54, 1.807) is 24.3 Å². The summed E-state index contributed by atoms with van der Waals surface area (Å²) < 4.78 is 43.3. The van der Waals surface area contributed by atoms with Crippen LogP contribution in [0.2, 0.25) is 0 Å². The van der Waals surface area contributed by atoms with Crippen molar-refractivity contribution in [1.82, 2.24) is 10.4 Å². The third kappa shape index (κ3) is 3.68. The van der Waals surface area contributed by atoms with Gasteiger partial charge in [-0.2, -0.15) is 13.2 Å². The van der Waals surface area contributed by atoms with Crippen LogP contribution in [0.15, 0.2) is 35.9 Å². The molecule has 1 aliphatic rings. The van der Waals surface area contributed by atoms with E-state index in [4.69, 9.17) is 16.3 Å². The lowest BCUT2D eigenvalue weighted by Crippen LogP contribution is -2.51. The van der Waals surface area contributed by atoms with E-state index in [9.17, 15) is 18.0 Å². The Hall–Kier alpha value is -1.73. The van der Waals surface area contributed by atoms with Crippen LogP contribution in [0.3, 0.4) is 0 Å². The van der Waals surface area contributed by atoms with E-state index in [1.807, 2.05) is 0 Å². The smallest absolute Gasteiger partial charge is 0.421 e. The molecule has 0 aliphatic carbocycles. The molecule has 1 aliphatic heterocycles. The fraction of sp³-hybridized carbons (Fsp3) is 0.308. The monoisotopic (exact) mass is 320 g/mol. The third-order valence-corrected chi connectivity index (χ3v) is 3.10. The molecule has 0 saturated carbocycles. The lowest BCUT2D eigenvalue weighted by atomic mass is 10.1. The molecule has 0 spiro atoms. The summed E-state index contributed by atoms with van der Waals surface area (Å²) in [7, 11) is 1.50. The van der Waals surface area contributed by atoms with Crippen molar-refractivity contribution in [3.8, 4) is 5.75 Å². The number of hydrogen-bond acceptors (Lipinski definition) is 3. The van der Waals surface area contributed by atoms with Crippen molar-refractivity contribution >= 4 is 17.5 Å². The van der Waals surface area contributed by atoms with Gasteiger partial charge in [-0.15, -0.1) is 0 Å². The van der Waals surface area contributed by atoms with Crippen molar-refractivity contribution in [3.63, 3.8) is 0 Å². The van der Waals surface area contributed by atoms with Crippen LogP contribution < -0.4 is 10.2 Å². The minimum absolute atomic E-state index is 0.0422. The largest absolute Gasteiger partial charge is 0.497 e. The van der Waals surface area contributed by atoms with E-state index in [-0.39, 0.29) is 6.54 Å². The van der Waals surface area contributed by atoms with E-state index in [0.717, 1.165) is 5.01 Å². The maximum absolute atomic E-state index is 12.8. The van der Waals surface area contributed by atoms with Crippen molar-refractivity contribution in [2.45, 2.75) is 18.2 Å². The first-order valence-corrected chi connectivity index (χ1v) is 6.39. The summed E-state index contributed by atoms with van der Waals surface area (Å²) in [5.74, 6) is -0.544. The fourth-order valence-corrected chi connectivity index (χ4v) is 2.10. The van der Waals surface area contributed by atoms with Gasteiger partial charge in [0.15, 0.2) is 0 Å². The molecule has 0 fully saturated rings. The number of methoxy groups -OCH3 is 1. The van der Waals surface area contributed by atoms with Crippen LogP contribution in [0.5, 0.6) is 5.75 Å². The fourth-order valence-electron chi connectivity index (χ4n) is 1.85. The van der Waals surface area contributed by atoms with Crippen LogP contribution in [-0.4, -0.2) is 29.7 Å². The van der Waals surface area contributed by atoms with Gasteiger partial charge in [0, 0.05) is 0 Å². The number of nitrogens with one attached hydrogen (secondary N) is 1. The molecule has 21 heavy (non-hydrogen) atoms. The molecule has 1 aromatic carbocycles. The Morgan fingerprint density at radius 1 is 1.33 bits per heavy atom. The Morgan fingerprint density at radius 3 is 2.48 bits per heavy atom. The Bertz CT molecular complexity index is 558. The van der Waals surface area contributed by atoms with Gasteiger partial charge in [-0.1, -0.05) is 23.7 Å². The molecule has 0 aromatic heterocycles. The number of amides is 1. The van der Waals surface area contributed by atoms with Crippen molar-refractivity contribution in [1.29, 1.82) is 0 Å². The second-order valence-electron chi connectivity index (χ2n) is 4.35. The van der Waals surface area contributed by atoms with E-state index >= 15 is 0 Å². The number of rotatable bonds is 3. The van der Waals surface area contributed by atoms with Gasteiger partial charge < -0.3 is 4.74 Å². The molecular weight excluding hydrogens is 309 g/mol. The van der Waals surface area contributed by atoms with Gasteiger partial charge in [-0.25, -0.2) is 5.43 Å². The molecule has 1 heterocycles. The number of hydrazine groups is 1. The third-order valence-electron chi connectivity index (χ3n) is 2.87. The summed E-state index contributed by atoms with van der Waals surface area (Å²) in [6.07, 6.45) is -4.07. The topological polar surface area (TPSA) is 41.6 Å². The van der Waals surface area contributed by atoms with Crippen molar-refractivity contribution in [3.05, 3.63) is 41.5 Å². The first-order chi connectivity index (χ1) is 9.81. The van der Waals surface area contributed by atoms with Crippen LogP contribution in [0.4, 0.5) is 13.2 Å². The summed E-state index contributed by atoms with van der Waals surface area (Å²) in [6, 6.07) is 6.62. The van der Waals surface area contributed by atoms with Crippen LogP contribution >= 0.6 is 11.6 Å². The molecule has 0 saturated heterocycles. The van der Waals surface area contributed by atoms with Crippen LogP contribution in [0, 0.1) is 0 Å². The molecule has 1 aromatic rings. The minimum Gasteiger partial charge on any atom is -0.497 e. The summed E-state index contributed by atoms with van der Waals surface area (Å²) in [5, 5.41) is 0.850.